The van der Waals surface area contributed by atoms with Crippen molar-refractivity contribution in [2.24, 2.45) is 5.73 Å². The maximum Gasteiger partial charge on any atom is 0.246 e. The molecule has 0 bridgehead atoms. The van der Waals surface area contributed by atoms with Gasteiger partial charge in [0.05, 0.1) is 12.3 Å². The molecule has 0 unspecified atom stereocenters. The number of rotatable bonds is 3. The number of amides is 1. The molecule has 4 N–H and O–H groups in total. The zero-order valence-electron chi connectivity index (χ0n) is 8.42. The lowest BCUT2D eigenvalue weighted by Gasteiger charge is -2.20. The molecular formula is C10H14N2O3. The van der Waals surface area contributed by atoms with Crippen molar-refractivity contribution in [2.45, 2.75) is 6.04 Å². The highest BCUT2D eigenvalue weighted by Gasteiger charge is 2.19. The second kappa shape index (κ2) is 4.77. The molecule has 82 valence electrons. The molecule has 5 heteroatoms. The van der Waals surface area contributed by atoms with Crippen LogP contribution in [-0.2, 0) is 4.79 Å². The minimum atomic E-state index is -0.963. The molecule has 0 aliphatic heterocycles. The number of aliphatic hydroxyl groups is 1. The number of carbonyl (C=O) groups excluding carboxylic acids is 1. The maximum atomic E-state index is 11.6. The Balaban J connectivity index is 2.90. The third-order valence-electron chi connectivity index (χ3n) is 2.09. The molecule has 0 aliphatic rings. The molecule has 0 radical (unpaired) electrons. The Morgan fingerprint density at radius 3 is 2.67 bits per heavy atom. The second-order valence-corrected chi connectivity index (χ2v) is 3.18. The van der Waals surface area contributed by atoms with Crippen LogP contribution in [0.15, 0.2) is 24.3 Å². The Morgan fingerprint density at radius 1 is 1.53 bits per heavy atom. The average Bonchev–Trinajstić information content (AvgIpc) is 2.26. The number of para-hydroxylation sites is 2. The van der Waals surface area contributed by atoms with E-state index in [1.165, 1.54) is 18.0 Å². The summed E-state index contributed by atoms with van der Waals surface area (Å²) in [7, 11) is 1.49. The van der Waals surface area contributed by atoms with Gasteiger partial charge in [-0.2, -0.15) is 0 Å². The predicted molar refractivity (Wildman–Crippen MR) is 56.6 cm³/mol. The number of aliphatic hydroxyl groups excluding tert-OH is 1. The van der Waals surface area contributed by atoms with Gasteiger partial charge in [0.1, 0.15) is 11.8 Å². The zero-order chi connectivity index (χ0) is 11.4. The first-order valence-electron chi connectivity index (χ1n) is 4.50. The molecule has 0 saturated heterocycles. The lowest BCUT2D eigenvalue weighted by atomic mass is 10.2. The number of nitrogens with zero attached hydrogens (tertiary/aromatic N) is 1. The van der Waals surface area contributed by atoms with E-state index >= 15 is 0 Å². The number of benzene rings is 1. The fraction of sp³-hybridized carbons (Fsp3) is 0.300. The predicted octanol–water partition coefficient (Wildman–Crippen LogP) is -0.325. The summed E-state index contributed by atoms with van der Waals surface area (Å²) in [6.45, 7) is -0.420. The number of aromatic hydroxyl groups is 1. The molecular weight excluding hydrogens is 196 g/mol. The van der Waals surface area contributed by atoms with E-state index in [1.54, 1.807) is 18.2 Å². The van der Waals surface area contributed by atoms with Gasteiger partial charge in [0.25, 0.3) is 0 Å². The Hall–Kier alpha value is -1.59. The summed E-state index contributed by atoms with van der Waals surface area (Å²) in [5.74, 6) is -0.447. The molecule has 0 saturated carbocycles. The lowest BCUT2D eigenvalue weighted by Crippen LogP contribution is -2.44. The SMILES string of the molecule is CN(C(=O)[C@@H](N)CO)c1ccccc1O. The zero-order valence-corrected chi connectivity index (χ0v) is 8.42. The molecule has 0 aromatic heterocycles. The van der Waals surface area contributed by atoms with E-state index in [4.69, 9.17) is 10.8 Å². The van der Waals surface area contributed by atoms with Crippen LogP contribution in [0.2, 0.25) is 0 Å². The van der Waals surface area contributed by atoms with Gasteiger partial charge in [-0.3, -0.25) is 4.79 Å². The van der Waals surface area contributed by atoms with Crippen molar-refractivity contribution in [3.63, 3.8) is 0 Å². The van der Waals surface area contributed by atoms with Crippen molar-refractivity contribution >= 4 is 11.6 Å². The van der Waals surface area contributed by atoms with Crippen LogP contribution in [0.4, 0.5) is 5.69 Å². The Labute approximate surface area is 87.7 Å². The Kier molecular flexibility index (Phi) is 3.65. The number of phenols is 1. The molecule has 1 aromatic rings. The highest BCUT2D eigenvalue weighted by Crippen LogP contribution is 2.25. The molecule has 5 nitrogen and oxygen atoms in total. The van der Waals surface area contributed by atoms with Crippen molar-refractivity contribution < 1.29 is 15.0 Å². The molecule has 15 heavy (non-hydrogen) atoms. The summed E-state index contributed by atoms with van der Waals surface area (Å²) < 4.78 is 0. The number of phenolic OH excluding ortho intramolecular Hbond substituents is 1. The van der Waals surface area contributed by atoms with Crippen molar-refractivity contribution in [1.29, 1.82) is 0 Å². The van der Waals surface area contributed by atoms with E-state index in [-0.39, 0.29) is 5.75 Å². The number of hydrogen-bond acceptors (Lipinski definition) is 4. The van der Waals surface area contributed by atoms with E-state index in [0.717, 1.165) is 0 Å². The lowest BCUT2D eigenvalue weighted by molar-refractivity contribution is -0.120. The monoisotopic (exact) mass is 210 g/mol. The summed E-state index contributed by atoms with van der Waals surface area (Å²) in [6.07, 6.45) is 0. The molecule has 1 atom stereocenters. The van der Waals surface area contributed by atoms with Crippen LogP contribution in [-0.4, -0.2) is 35.8 Å². The molecule has 0 heterocycles. The first kappa shape index (κ1) is 11.5. The van der Waals surface area contributed by atoms with Gasteiger partial charge in [0.15, 0.2) is 0 Å². The first-order chi connectivity index (χ1) is 7.07. The van der Waals surface area contributed by atoms with Crippen LogP contribution in [0.5, 0.6) is 5.75 Å². The van der Waals surface area contributed by atoms with Crippen LogP contribution in [0.1, 0.15) is 0 Å². The van der Waals surface area contributed by atoms with Crippen molar-refractivity contribution in [1.82, 2.24) is 0 Å². The van der Waals surface area contributed by atoms with Gasteiger partial charge in [0, 0.05) is 7.05 Å². The van der Waals surface area contributed by atoms with Crippen molar-refractivity contribution in [2.75, 3.05) is 18.6 Å². The summed E-state index contributed by atoms with van der Waals surface area (Å²) in [5.41, 5.74) is 5.75. The highest BCUT2D eigenvalue weighted by molar-refractivity contribution is 5.97. The molecule has 0 spiro atoms. The standard InChI is InChI=1S/C10H14N2O3/c1-12(10(15)7(11)6-13)8-4-2-3-5-9(8)14/h2-5,7,13-14H,6,11H2,1H3/t7-/m0/s1. The van der Waals surface area contributed by atoms with Crippen LogP contribution < -0.4 is 10.6 Å². The molecule has 0 aliphatic carbocycles. The van der Waals surface area contributed by atoms with Gasteiger partial charge >= 0.3 is 0 Å². The van der Waals surface area contributed by atoms with E-state index in [1.807, 2.05) is 0 Å². The topological polar surface area (TPSA) is 86.8 Å². The largest absolute Gasteiger partial charge is 0.506 e. The molecule has 0 fully saturated rings. The average molecular weight is 210 g/mol. The first-order valence-corrected chi connectivity index (χ1v) is 4.50. The third-order valence-corrected chi connectivity index (χ3v) is 2.09. The van der Waals surface area contributed by atoms with E-state index in [0.29, 0.717) is 5.69 Å². The summed E-state index contributed by atoms with van der Waals surface area (Å²) in [6, 6.07) is 5.46. The van der Waals surface area contributed by atoms with E-state index in [9.17, 15) is 9.90 Å². The number of nitrogens with two attached hydrogens (primary N) is 1. The Bertz CT molecular complexity index is 354. The number of hydrogen-bond donors (Lipinski definition) is 3. The van der Waals surface area contributed by atoms with Crippen molar-refractivity contribution in [3.05, 3.63) is 24.3 Å². The van der Waals surface area contributed by atoms with Crippen LogP contribution in [0, 0.1) is 0 Å². The maximum absolute atomic E-state index is 11.6. The van der Waals surface area contributed by atoms with Crippen LogP contribution in [0.25, 0.3) is 0 Å². The van der Waals surface area contributed by atoms with E-state index in [2.05, 4.69) is 0 Å². The molecule has 1 rings (SSSR count). The quantitative estimate of drug-likeness (QED) is 0.637. The van der Waals surface area contributed by atoms with Crippen molar-refractivity contribution in [3.8, 4) is 5.75 Å². The smallest absolute Gasteiger partial charge is 0.246 e. The van der Waals surface area contributed by atoms with Gasteiger partial charge in [-0.25, -0.2) is 0 Å². The molecule has 1 amide bonds. The van der Waals surface area contributed by atoms with Gasteiger partial charge in [-0.05, 0) is 12.1 Å². The minimum absolute atomic E-state index is 0.00140. The van der Waals surface area contributed by atoms with Crippen LogP contribution in [0.3, 0.4) is 0 Å². The van der Waals surface area contributed by atoms with Crippen LogP contribution >= 0.6 is 0 Å². The van der Waals surface area contributed by atoms with Gasteiger partial charge in [-0.15, -0.1) is 0 Å². The highest BCUT2D eigenvalue weighted by atomic mass is 16.3. The second-order valence-electron chi connectivity index (χ2n) is 3.18. The summed E-state index contributed by atoms with van der Waals surface area (Å²) in [4.78, 5) is 12.8. The summed E-state index contributed by atoms with van der Waals surface area (Å²) >= 11 is 0. The van der Waals surface area contributed by atoms with Gasteiger partial charge in [0.2, 0.25) is 5.91 Å². The summed E-state index contributed by atoms with van der Waals surface area (Å²) in [5, 5.41) is 18.2. The minimum Gasteiger partial charge on any atom is -0.506 e. The number of likely N-dealkylation sites (N-methyl/N-ethyl adjacent to an activating group) is 1. The molecule has 1 aromatic carbocycles. The fourth-order valence-electron chi connectivity index (χ4n) is 1.19. The fourth-order valence-corrected chi connectivity index (χ4v) is 1.19. The number of anilines is 1. The Morgan fingerprint density at radius 2 is 2.13 bits per heavy atom. The van der Waals surface area contributed by atoms with Gasteiger partial charge < -0.3 is 20.8 Å². The van der Waals surface area contributed by atoms with E-state index < -0.39 is 18.6 Å². The number of carbonyl (C=O) groups is 1. The normalized spacial score (nSPS) is 12.2. The van der Waals surface area contributed by atoms with Gasteiger partial charge in [-0.1, -0.05) is 12.1 Å². The third kappa shape index (κ3) is 2.45.